The first kappa shape index (κ1) is 19.1. The number of aromatic hydroxyl groups is 1. The molecule has 0 spiro atoms. The van der Waals surface area contributed by atoms with Crippen molar-refractivity contribution < 1.29 is 24.5 Å². The molecular weight excluding hydrogens is 370 g/mol. The van der Waals surface area contributed by atoms with Gasteiger partial charge < -0.3 is 19.8 Å². The Morgan fingerprint density at radius 2 is 1.79 bits per heavy atom. The van der Waals surface area contributed by atoms with E-state index in [1.807, 2.05) is 0 Å². The molecule has 1 unspecified atom stereocenters. The van der Waals surface area contributed by atoms with Gasteiger partial charge in [0.2, 0.25) is 0 Å². The highest BCUT2D eigenvalue weighted by molar-refractivity contribution is 6.46. The molecule has 150 valence electrons. The maximum absolute atomic E-state index is 13.0. The summed E-state index contributed by atoms with van der Waals surface area (Å²) >= 11 is 0. The van der Waals surface area contributed by atoms with Crippen molar-refractivity contribution in [1.82, 2.24) is 4.90 Å². The Morgan fingerprint density at radius 1 is 1.07 bits per heavy atom. The average molecular weight is 393 g/mol. The lowest BCUT2D eigenvalue weighted by Gasteiger charge is -2.30. The third-order valence-corrected chi connectivity index (χ3v) is 5.75. The summed E-state index contributed by atoms with van der Waals surface area (Å²) in [4.78, 5) is 27.6. The fourth-order valence-corrected chi connectivity index (χ4v) is 4.42. The summed E-state index contributed by atoms with van der Waals surface area (Å²) in [7, 11) is 1.48. The van der Waals surface area contributed by atoms with Gasteiger partial charge in [-0.2, -0.15) is 0 Å². The maximum atomic E-state index is 13.0. The van der Waals surface area contributed by atoms with E-state index in [4.69, 9.17) is 4.74 Å². The number of rotatable bonds is 4. The number of hydrogen-bond donors (Lipinski definition) is 2. The Hall–Kier alpha value is -3.28. The van der Waals surface area contributed by atoms with E-state index in [2.05, 4.69) is 0 Å². The number of aliphatic hydroxyl groups is 1. The number of nitrogens with zero attached hydrogens (tertiary/aromatic N) is 1. The van der Waals surface area contributed by atoms with E-state index in [-0.39, 0.29) is 23.1 Å². The number of likely N-dealkylation sites (tertiary alicyclic amines) is 1. The SMILES string of the molecule is COc1ccccc1/C(O)=C1/C(=O)C(=O)N(C2CCCC2)C1c1cccc(O)c1. The second-order valence-electron chi connectivity index (χ2n) is 7.44. The minimum Gasteiger partial charge on any atom is -0.508 e. The number of para-hydroxylation sites is 1. The summed E-state index contributed by atoms with van der Waals surface area (Å²) in [6.45, 7) is 0. The van der Waals surface area contributed by atoms with E-state index in [1.54, 1.807) is 41.3 Å². The predicted octanol–water partition coefficient (Wildman–Crippen LogP) is 3.77. The predicted molar refractivity (Wildman–Crippen MR) is 107 cm³/mol. The van der Waals surface area contributed by atoms with Crippen molar-refractivity contribution in [2.75, 3.05) is 7.11 Å². The normalized spacial score (nSPS) is 21.7. The molecule has 6 nitrogen and oxygen atoms in total. The Labute approximate surface area is 169 Å². The third-order valence-electron chi connectivity index (χ3n) is 5.75. The average Bonchev–Trinajstić information content (AvgIpc) is 3.34. The van der Waals surface area contributed by atoms with Crippen LogP contribution in [0.5, 0.6) is 11.5 Å². The topological polar surface area (TPSA) is 87.1 Å². The van der Waals surface area contributed by atoms with Crippen LogP contribution in [-0.2, 0) is 9.59 Å². The van der Waals surface area contributed by atoms with E-state index in [0.29, 0.717) is 16.9 Å². The molecule has 0 bridgehead atoms. The van der Waals surface area contributed by atoms with Crippen molar-refractivity contribution in [2.45, 2.75) is 37.8 Å². The highest BCUT2D eigenvalue weighted by Gasteiger charge is 2.49. The standard InChI is InChI=1S/C23H23NO5/c1-29-18-12-5-4-11-17(18)21(26)19-20(14-7-6-10-16(25)13-14)24(23(28)22(19)27)15-8-2-3-9-15/h4-7,10-13,15,20,25-26H,2-3,8-9H2,1H3/b21-19-. The number of phenols is 1. The molecule has 1 aliphatic heterocycles. The molecule has 1 saturated carbocycles. The molecule has 2 fully saturated rings. The van der Waals surface area contributed by atoms with E-state index >= 15 is 0 Å². The highest BCUT2D eigenvalue weighted by atomic mass is 16.5. The molecule has 1 amide bonds. The van der Waals surface area contributed by atoms with E-state index in [0.717, 1.165) is 25.7 Å². The van der Waals surface area contributed by atoms with Crippen molar-refractivity contribution in [3.63, 3.8) is 0 Å². The highest BCUT2D eigenvalue weighted by Crippen LogP contribution is 2.44. The van der Waals surface area contributed by atoms with Crippen LogP contribution >= 0.6 is 0 Å². The van der Waals surface area contributed by atoms with Gasteiger partial charge in [-0.3, -0.25) is 9.59 Å². The van der Waals surface area contributed by atoms with Gasteiger partial charge >= 0.3 is 0 Å². The Morgan fingerprint density at radius 3 is 2.48 bits per heavy atom. The minimum atomic E-state index is -0.755. The lowest BCUT2D eigenvalue weighted by molar-refractivity contribution is -0.141. The summed E-state index contributed by atoms with van der Waals surface area (Å²) in [6.07, 6.45) is 3.62. The maximum Gasteiger partial charge on any atom is 0.295 e. The minimum absolute atomic E-state index is 0.0250. The largest absolute Gasteiger partial charge is 0.508 e. The molecular formula is C23H23NO5. The van der Waals surface area contributed by atoms with Crippen molar-refractivity contribution in [2.24, 2.45) is 0 Å². The van der Waals surface area contributed by atoms with Gasteiger partial charge in [0.05, 0.1) is 24.3 Å². The zero-order chi connectivity index (χ0) is 20.5. The number of carbonyl (C=O) groups excluding carboxylic acids is 2. The number of methoxy groups -OCH3 is 1. The summed E-state index contributed by atoms with van der Waals surface area (Å²) in [5, 5.41) is 21.1. The number of ether oxygens (including phenoxy) is 1. The molecule has 2 aromatic carbocycles. The van der Waals surface area contributed by atoms with Crippen LogP contribution in [0.25, 0.3) is 5.76 Å². The smallest absolute Gasteiger partial charge is 0.295 e. The van der Waals surface area contributed by atoms with Gasteiger partial charge in [-0.15, -0.1) is 0 Å². The van der Waals surface area contributed by atoms with Crippen LogP contribution in [0.2, 0.25) is 0 Å². The van der Waals surface area contributed by atoms with Crippen molar-refractivity contribution in [1.29, 1.82) is 0 Å². The number of aliphatic hydroxyl groups excluding tert-OH is 1. The Balaban J connectivity index is 1.92. The molecule has 6 heteroatoms. The van der Waals surface area contributed by atoms with Gasteiger partial charge in [-0.1, -0.05) is 37.1 Å². The van der Waals surface area contributed by atoms with Gasteiger partial charge in [0.25, 0.3) is 11.7 Å². The van der Waals surface area contributed by atoms with E-state index in [9.17, 15) is 19.8 Å². The number of amides is 1. The molecule has 1 atom stereocenters. The summed E-state index contributed by atoms with van der Waals surface area (Å²) < 4.78 is 5.33. The summed E-state index contributed by atoms with van der Waals surface area (Å²) in [5.41, 5.74) is 0.967. The second-order valence-corrected chi connectivity index (χ2v) is 7.44. The van der Waals surface area contributed by atoms with Crippen molar-refractivity contribution in [3.8, 4) is 11.5 Å². The van der Waals surface area contributed by atoms with Crippen LogP contribution < -0.4 is 4.74 Å². The molecule has 2 N–H and O–H groups in total. The third kappa shape index (κ3) is 3.24. The molecule has 0 radical (unpaired) electrons. The quantitative estimate of drug-likeness (QED) is 0.469. The fourth-order valence-electron chi connectivity index (χ4n) is 4.42. The number of carbonyl (C=O) groups is 2. The Bertz CT molecular complexity index is 990. The molecule has 1 heterocycles. The van der Waals surface area contributed by atoms with Gasteiger partial charge in [0.1, 0.15) is 17.3 Å². The first-order valence-corrected chi connectivity index (χ1v) is 9.75. The molecule has 29 heavy (non-hydrogen) atoms. The van der Waals surface area contributed by atoms with Crippen molar-refractivity contribution in [3.05, 3.63) is 65.2 Å². The first-order chi connectivity index (χ1) is 14.0. The lowest BCUT2D eigenvalue weighted by atomic mass is 9.94. The molecule has 4 rings (SSSR count). The number of Topliss-reactive ketones (excluding diaryl/α,β-unsaturated/α-hetero) is 1. The van der Waals surface area contributed by atoms with Gasteiger partial charge in [0, 0.05) is 6.04 Å². The molecule has 1 aliphatic carbocycles. The summed E-state index contributed by atoms with van der Waals surface area (Å²) in [5.74, 6) is -1.14. The zero-order valence-corrected chi connectivity index (χ0v) is 16.2. The zero-order valence-electron chi connectivity index (χ0n) is 16.2. The van der Waals surface area contributed by atoms with Crippen LogP contribution in [0.4, 0.5) is 0 Å². The second kappa shape index (κ2) is 7.62. The Kier molecular flexibility index (Phi) is 5.01. The molecule has 2 aliphatic rings. The van der Waals surface area contributed by atoms with Crippen LogP contribution in [-0.4, -0.2) is 40.0 Å². The monoisotopic (exact) mass is 393 g/mol. The number of hydrogen-bond acceptors (Lipinski definition) is 5. The lowest BCUT2D eigenvalue weighted by Crippen LogP contribution is -2.37. The fraction of sp³-hybridized carbons (Fsp3) is 0.304. The van der Waals surface area contributed by atoms with E-state index < -0.39 is 17.7 Å². The van der Waals surface area contributed by atoms with Crippen molar-refractivity contribution >= 4 is 17.4 Å². The number of phenolic OH excluding ortho intramolecular Hbond substituents is 1. The number of ketones is 1. The molecule has 2 aromatic rings. The molecule has 0 aromatic heterocycles. The van der Waals surface area contributed by atoms with Crippen LogP contribution in [0.15, 0.2) is 54.1 Å². The molecule has 1 saturated heterocycles. The van der Waals surface area contributed by atoms with Gasteiger partial charge in [0.15, 0.2) is 0 Å². The summed E-state index contributed by atoms with van der Waals surface area (Å²) in [6, 6.07) is 12.5. The first-order valence-electron chi connectivity index (χ1n) is 9.75. The van der Waals surface area contributed by atoms with Crippen LogP contribution in [0.1, 0.15) is 42.9 Å². The van der Waals surface area contributed by atoms with Crippen LogP contribution in [0, 0.1) is 0 Å². The number of benzene rings is 2. The van der Waals surface area contributed by atoms with Crippen LogP contribution in [0.3, 0.4) is 0 Å². The van der Waals surface area contributed by atoms with E-state index in [1.165, 1.54) is 19.2 Å². The van der Waals surface area contributed by atoms with Gasteiger partial charge in [-0.05, 0) is 42.7 Å². The van der Waals surface area contributed by atoms with Gasteiger partial charge in [-0.25, -0.2) is 0 Å².